The van der Waals surface area contributed by atoms with Crippen molar-refractivity contribution in [1.29, 1.82) is 0 Å². The first-order valence-electron chi connectivity index (χ1n) is 6.16. The second kappa shape index (κ2) is 5.62. The van der Waals surface area contributed by atoms with Crippen molar-refractivity contribution >= 4 is 10.2 Å². The number of hydrogen-bond acceptors (Lipinski definition) is 4. The molecule has 100 valence electrons. The molecule has 2 atom stereocenters. The molecule has 0 amide bonds. The van der Waals surface area contributed by atoms with Gasteiger partial charge in [-0.1, -0.05) is 0 Å². The number of ether oxygens (including phenoxy) is 1. The van der Waals surface area contributed by atoms with E-state index >= 15 is 0 Å². The lowest BCUT2D eigenvalue weighted by Crippen LogP contribution is -2.51. The van der Waals surface area contributed by atoms with Crippen LogP contribution in [0.2, 0.25) is 0 Å². The molecular weight excluding hydrogens is 242 g/mol. The highest BCUT2D eigenvalue weighted by molar-refractivity contribution is 7.87. The molecule has 2 unspecified atom stereocenters. The first kappa shape index (κ1) is 13.2. The molecule has 2 rings (SSSR count). The Morgan fingerprint density at radius 1 is 1.41 bits per heavy atom. The summed E-state index contributed by atoms with van der Waals surface area (Å²) in [5.41, 5.74) is 0. The lowest BCUT2D eigenvalue weighted by Gasteiger charge is -2.27. The molecule has 2 N–H and O–H groups in total. The van der Waals surface area contributed by atoms with Gasteiger partial charge in [-0.2, -0.15) is 12.7 Å². The van der Waals surface area contributed by atoms with E-state index in [2.05, 4.69) is 10.0 Å². The lowest BCUT2D eigenvalue weighted by atomic mass is 10.0. The summed E-state index contributed by atoms with van der Waals surface area (Å²) in [7, 11) is -3.31. The molecule has 7 heteroatoms. The number of hydrogen-bond donors (Lipinski definition) is 2. The second-order valence-electron chi connectivity index (χ2n) is 4.63. The van der Waals surface area contributed by atoms with Crippen LogP contribution in [0.3, 0.4) is 0 Å². The maximum atomic E-state index is 12.0. The van der Waals surface area contributed by atoms with Gasteiger partial charge in [0.05, 0.1) is 6.10 Å². The van der Waals surface area contributed by atoms with Gasteiger partial charge in [-0.05, 0) is 13.3 Å². The van der Waals surface area contributed by atoms with E-state index < -0.39 is 10.2 Å². The Balaban J connectivity index is 1.84. The third-order valence-corrected chi connectivity index (χ3v) is 5.05. The molecule has 2 heterocycles. The van der Waals surface area contributed by atoms with E-state index in [0.717, 1.165) is 26.1 Å². The topological polar surface area (TPSA) is 70.7 Å². The van der Waals surface area contributed by atoms with E-state index in [-0.39, 0.29) is 6.10 Å². The summed E-state index contributed by atoms with van der Waals surface area (Å²) in [6, 6.07) is 0. The van der Waals surface area contributed by atoms with Crippen molar-refractivity contribution in [1.82, 2.24) is 14.3 Å². The Kier molecular flexibility index (Phi) is 4.37. The fourth-order valence-corrected chi connectivity index (χ4v) is 3.50. The molecule has 2 aliphatic heterocycles. The molecule has 0 aromatic heterocycles. The average molecular weight is 263 g/mol. The number of nitrogens with zero attached hydrogens (tertiary/aromatic N) is 1. The Hall–Kier alpha value is -0.210. The highest BCUT2D eigenvalue weighted by atomic mass is 32.2. The SMILES string of the molecule is CC1OCCC1CNS(=O)(=O)N1CCNCC1. The minimum atomic E-state index is -3.31. The van der Waals surface area contributed by atoms with Gasteiger partial charge in [0.25, 0.3) is 10.2 Å². The summed E-state index contributed by atoms with van der Waals surface area (Å²) < 4.78 is 33.6. The monoisotopic (exact) mass is 263 g/mol. The molecule has 0 aromatic rings. The van der Waals surface area contributed by atoms with Gasteiger partial charge in [0, 0.05) is 45.2 Å². The standard InChI is InChI=1S/C10H21N3O3S/c1-9-10(2-7-16-9)8-12-17(14,15)13-5-3-11-4-6-13/h9-12H,2-8H2,1H3. The van der Waals surface area contributed by atoms with Gasteiger partial charge in [0.1, 0.15) is 0 Å². The predicted octanol–water partition coefficient (Wildman–Crippen LogP) is -0.849. The van der Waals surface area contributed by atoms with Crippen LogP contribution >= 0.6 is 0 Å². The molecule has 0 radical (unpaired) electrons. The van der Waals surface area contributed by atoms with Crippen LogP contribution in [-0.2, 0) is 14.9 Å². The van der Waals surface area contributed by atoms with Crippen molar-refractivity contribution in [3.8, 4) is 0 Å². The molecule has 2 saturated heterocycles. The molecule has 0 aliphatic carbocycles. The van der Waals surface area contributed by atoms with Crippen LogP contribution in [0.1, 0.15) is 13.3 Å². The number of nitrogens with one attached hydrogen (secondary N) is 2. The van der Waals surface area contributed by atoms with Gasteiger partial charge in [-0.25, -0.2) is 4.72 Å². The molecule has 0 bridgehead atoms. The maximum Gasteiger partial charge on any atom is 0.279 e. The summed E-state index contributed by atoms with van der Waals surface area (Å²) >= 11 is 0. The zero-order valence-electron chi connectivity index (χ0n) is 10.2. The Morgan fingerprint density at radius 3 is 2.71 bits per heavy atom. The molecule has 0 spiro atoms. The van der Waals surface area contributed by atoms with Crippen LogP contribution < -0.4 is 10.0 Å². The van der Waals surface area contributed by atoms with E-state index in [9.17, 15) is 8.42 Å². The third kappa shape index (κ3) is 3.38. The summed E-state index contributed by atoms with van der Waals surface area (Å²) in [6.07, 6.45) is 1.09. The van der Waals surface area contributed by atoms with Gasteiger partial charge in [-0.15, -0.1) is 0 Å². The summed E-state index contributed by atoms with van der Waals surface area (Å²) in [5.74, 6) is 0.299. The predicted molar refractivity (Wildman–Crippen MR) is 64.9 cm³/mol. The minimum absolute atomic E-state index is 0.153. The first-order valence-corrected chi connectivity index (χ1v) is 7.60. The molecule has 2 aliphatic rings. The van der Waals surface area contributed by atoms with E-state index in [1.54, 1.807) is 0 Å². The van der Waals surface area contributed by atoms with Crippen molar-refractivity contribution in [2.75, 3.05) is 39.3 Å². The van der Waals surface area contributed by atoms with Crippen LogP contribution in [-0.4, -0.2) is 58.2 Å². The molecule has 17 heavy (non-hydrogen) atoms. The molecule has 6 nitrogen and oxygen atoms in total. The van der Waals surface area contributed by atoms with Gasteiger partial charge >= 0.3 is 0 Å². The van der Waals surface area contributed by atoms with Crippen molar-refractivity contribution in [3.63, 3.8) is 0 Å². The number of piperazine rings is 1. The molecular formula is C10H21N3O3S. The van der Waals surface area contributed by atoms with Gasteiger partial charge in [0.15, 0.2) is 0 Å². The normalized spacial score (nSPS) is 31.8. The van der Waals surface area contributed by atoms with Crippen LogP contribution in [0.4, 0.5) is 0 Å². The largest absolute Gasteiger partial charge is 0.378 e. The smallest absolute Gasteiger partial charge is 0.279 e. The zero-order valence-corrected chi connectivity index (χ0v) is 11.0. The van der Waals surface area contributed by atoms with Crippen molar-refractivity contribution in [2.45, 2.75) is 19.4 Å². The number of rotatable bonds is 4. The Morgan fingerprint density at radius 2 is 2.12 bits per heavy atom. The van der Waals surface area contributed by atoms with Crippen LogP contribution in [0.5, 0.6) is 0 Å². The van der Waals surface area contributed by atoms with Crippen molar-refractivity contribution in [2.24, 2.45) is 5.92 Å². The van der Waals surface area contributed by atoms with E-state index in [1.165, 1.54) is 4.31 Å². The molecule has 0 saturated carbocycles. The van der Waals surface area contributed by atoms with E-state index in [0.29, 0.717) is 25.6 Å². The summed E-state index contributed by atoms with van der Waals surface area (Å²) in [4.78, 5) is 0. The fourth-order valence-electron chi connectivity index (χ4n) is 2.23. The van der Waals surface area contributed by atoms with E-state index in [4.69, 9.17) is 4.74 Å². The highest BCUT2D eigenvalue weighted by Gasteiger charge is 2.28. The summed E-state index contributed by atoms with van der Waals surface area (Å²) in [6.45, 7) is 5.76. The van der Waals surface area contributed by atoms with Crippen molar-refractivity contribution in [3.05, 3.63) is 0 Å². The van der Waals surface area contributed by atoms with Crippen molar-refractivity contribution < 1.29 is 13.2 Å². The summed E-state index contributed by atoms with van der Waals surface area (Å²) in [5, 5.41) is 3.14. The van der Waals surface area contributed by atoms with Crippen LogP contribution in [0.25, 0.3) is 0 Å². The second-order valence-corrected chi connectivity index (χ2v) is 6.38. The minimum Gasteiger partial charge on any atom is -0.378 e. The zero-order chi connectivity index (χ0) is 12.3. The van der Waals surface area contributed by atoms with Crippen LogP contribution in [0.15, 0.2) is 0 Å². The average Bonchev–Trinajstić information content (AvgIpc) is 2.74. The van der Waals surface area contributed by atoms with E-state index in [1.807, 2.05) is 6.92 Å². The van der Waals surface area contributed by atoms with Gasteiger partial charge in [-0.3, -0.25) is 0 Å². The van der Waals surface area contributed by atoms with Gasteiger partial charge < -0.3 is 10.1 Å². The lowest BCUT2D eigenvalue weighted by molar-refractivity contribution is 0.106. The van der Waals surface area contributed by atoms with Crippen LogP contribution in [0, 0.1) is 5.92 Å². The fraction of sp³-hybridized carbons (Fsp3) is 1.00. The molecule has 2 fully saturated rings. The Labute approximate surface area is 103 Å². The highest BCUT2D eigenvalue weighted by Crippen LogP contribution is 2.19. The third-order valence-electron chi connectivity index (χ3n) is 3.48. The first-order chi connectivity index (χ1) is 8.09. The Bertz CT molecular complexity index is 341. The van der Waals surface area contributed by atoms with Gasteiger partial charge in [0.2, 0.25) is 0 Å². The quantitative estimate of drug-likeness (QED) is 0.693. The maximum absolute atomic E-state index is 12.0. The molecule has 0 aromatic carbocycles.